The lowest BCUT2D eigenvalue weighted by molar-refractivity contribution is 0.110. The van der Waals surface area contributed by atoms with E-state index in [1.807, 2.05) is 0 Å². The Labute approximate surface area is 133 Å². The summed E-state index contributed by atoms with van der Waals surface area (Å²) in [5.41, 5.74) is 2.53. The number of hydrogen-bond donors (Lipinski definition) is 1. The molecule has 1 aliphatic rings. The maximum atomic E-state index is 11.9. The first-order valence-corrected chi connectivity index (χ1v) is 7.91. The second-order valence-electron chi connectivity index (χ2n) is 6.35. The number of aryl methyl sites for hydroxylation is 1. The van der Waals surface area contributed by atoms with Gasteiger partial charge < -0.3 is 15.1 Å². The molecule has 1 heterocycles. The minimum atomic E-state index is -0.0359. The van der Waals surface area contributed by atoms with Crippen molar-refractivity contribution in [2.24, 2.45) is 0 Å². The zero-order valence-electron chi connectivity index (χ0n) is 14.2. The van der Waals surface area contributed by atoms with E-state index in [0.717, 1.165) is 26.2 Å². The average Bonchev–Trinajstić information content (AvgIpc) is 2.50. The van der Waals surface area contributed by atoms with Crippen LogP contribution in [0.3, 0.4) is 0 Å². The van der Waals surface area contributed by atoms with Gasteiger partial charge in [0.25, 0.3) is 0 Å². The molecule has 22 heavy (non-hydrogen) atoms. The second-order valence-corrected chi connectivity index (χ2v) is 6.35. The van der Waals surface area contributed by atoms with Gasteiger partial charge in [-0.3, -0.25) is 4.90 Å². The Morgan fingerprint density at radius 3 is 2.32 bits per heavy atom. The highest BCUT2D eigenvalue weighted by molar-refractivity contribution is 5.73. The van der Waals surface area contributed by atoms with Gasteiger partial charge in [-0.05, 0) is 19.5 Å². The number of nitrogens with zero attached hydrogens (tertiary/aromatic N) is 3. The van der Waals surface area contributed by atoms with E-state index in [-0.39, 0.29) is 12.1 Å². The molecule has 2 amide bonds. The van der Waals surface area contributed by atoms with Crippen LogP contribution in [0, 0.1) is 6.92 Å². The summed E-state index contributed by atoms with van der Waals surface area (Å²) in [5, 5.41) is 3.04. The SMILES string of the molecule is Cc1ccc(C(CNC(=O)N(C)C)N2CCN(C)CC2)cc1. The minimum absolute atomic E-state index is 0.0359. The molecule has 1 aliphatic heterocycles. The molecule has 1 unspecified atom stereocenters. The lowest BCUT2D eigenvalue weighted by atomic mass is 10.0. The fraction of sp³-hybridized carbons (Fsp3) is 0.588. The van der Waals surface area contributed by atoms with Crippen LogP contribution < -0.4 is 5.32 Å². The Morgan fingerprint density at radius 2 is 1.77 bits per heavy atom. The van der Waals surface area contributed by atoms with Crippen molar-refractivity contribution in [3.63, 3.8) is 0 Å². The van der Waals surface area contributed by atoms with Gasteiger partial charge >= 0.3 is 6.03 Å². The molecule has 0 saturated carbocycles. The van der Waals surface area contributed by atoms with Crippen molar-refractivity contribution in [1.29, 1.82) is 0 Å². The van der Waals surface area contributed by atoms with Crippen LogP contribution in [0.15, 0.2) is 24.3 Å². The Hall–Kier alpha value is -1.59. The van der Waals surface area contributed by atoms with Gasteiger partial charge in [0, 0.05) is 46.8 Å². The Balaban J connectivity index is 2.09. The number of amides is 2. The molecule has 5 nitrogen and oxygen atoms in total. The number of piperazine rings is 1. The van der Waals surface area contributed by atoms with Crippen LogP contribution >= 0.6 is 0 Å². The fourth-order valence-electron chi connectivity index (χ4n) is 2.72. The van der Waals surface area contributed by atoms with E-state index in [1.54, 1.807) is 19.0 Å². The second kappa shape index (κ2) is 7.61. The summed E-state index contributed by atoms with van der Waals surface area (Å²) in [7, 11) is 5.70. The lowest BCUT2D eigenvalue weighted by Gasteiger charge is -2.38. The van der Waals surface area contributed by atoms with Crippen LogP contribution in [0.1, 0.15) is 17.2 Å². The zero-order valence-corrected chi connectivity index (χ0v) is 14.2. The average molecular weight is 304 g/mol. The molecule has 0 spiro atoms. The van der Waals surface area contributed by atoms with E-state index < -0.39 is 0 Å². The van der Waals surface area contributed by atoms with Crippen molar-refractivity contribution in [3.05, 3.63) is 35.4 Å². The molecule has 1 N–H and O–H groups in total. The third-order valence-electron chi connectivity index (χ3n) is 4.29. The number of nitrogens with one attached hydrogen (secondary N) is 1. The molecule has 0 bridgehead atoms. The Morgan fingerprint density at radius 1 is 1.18 bits per heavy atom. The summed E-state index contributed by atoms with van der Waals surface area (Å²) in [6, 6.07) is 8.85. The minimum Gasteiger partial charge on any atom is -0.336 e. The van der Waals surface area contributed by atoms with Gasteiger partial charge in [-0.1, -0.05) is 29.8 Å². The molecule has 1 aromatic carbocycles. The van der Waals surface area contributed by atoms with E-state index in [4.69, 9.17) is 0 Å². The molecule has 1 aromatic rings. The van der Waals surface area contributed by atoms with Gasteiger partial charge in [-0.25, -0.2) is 4.79 Å². The molecule has 0 aromatic heterocycles. The van der Waals surface area contributed by atoms with Crippen molar-refractivity contribution >= 4 is 6.03 Å². The number of carbonyl (C=O) groups is 1. The number of carbonyl (C=O) groups excluding carboxylic acids is 1. The predicted octanol–water partition coefficient (Wildman–Crippen LogP) is 1.55. The largest absolute Gasteiger partial charge is 0.336 e. The van der Waals surface area contributed by atoms with E-state index in [0.29, 0.717) is 6.54 Å². The van der Waals surface area contributed by atoms with E-state index in [9.17, 15) is 4.79 Å². The molecule has 122 valence electrons. The summed E-state index contributed by atoms with van der Waals surface area (Å²) in [6.07, 6.45) is 0. The molecule has 1 saturated heterocycles. The highest BCUT2D eigenvalue weighted by Crippen LogP contribution is 2.22. The van der Waals surface area contributed by atoms with Crippen LogP contribution in [0.25, 0.3) is 0 Å². The number of urea groups is 1. The molecule has 0 radical (unpaired) electrons. The molecular formula is C17H28N4O. The monoisotopic (exact) mass is 304 g/mol. The van der Waals surface area contributed by atoms with Crippen LogP contribution in [-0.2, 0) is 0 Å². The highest BCUT2D eigenvalue weighted by Gasteiger charge is 2.24. The fourth-order valence-corrected chi connectivity index (χ4v) is 2.72. The first-order valence-electron chi connectivity index (χ1n) is 7.91. The van der Waals surface area contributed by atoms with Gasteiger partial charge in [-0.2, -0.15) is 0 Å². The quantitative estimate of drug-likeness (QED) is 0.917. The van der Waals surface area contributed by atoms with Crippen molar-refractivity contribution in [3.8, 4) is 0 Å². The molecule has 0 aliphatic carbocycles. The lowest BCUT2D eigenvalue weighted by Crippen LogP contribution is -2.49. The van der Waals surface area contributed by atoms with E-state index in [1.165, 1.54) is 11.1 Å². The van der Waals surface area contributed by atoms with Crippen LogP contribution in [0.2, 0.25) is 0 Å². The zero-order chi connectivity index (χ0) is 16.1. The van der Waals surface area contributed by atoms with Crippen LogP contribution in [-0.4, -0.2) is 74.6 Å². The number of likely N-dealkylation sites (N-methyl/N-ethyl adjacent to an activating group) is 1. The smallest absolute Gasteiger partial charge is 0.316 e. The van der Waals surface area contributed by atoms with Crippen LogP contribution in [0.5, 0.6) is 0 Å². The summed E-state index contributed by atoms with van der Waals surface area (Å²) in [4.78, 5) is 18.3. The number of hydrogen-bond acceptors (Lipinski definition) is 3. The topological polar surface area (TPSA) is 38.8 Å². The van der Waals surface area contributed by atoms with E-state index in [2.05, 4.69) is 53.4 Å². The van der Waals surface area contributed by atoms with Gasteiger partial charge in [0.05, 0.1) is 6.04 Å². The van der Waals surface area contributed by atoms with Gasteiger partial charge in [-0.15, -0.1) is 0 Å². The first kappa shape index (κ1) is 16.8. The van der Waals surface area contributed by atoms with Crippen molar-refractivity contribution in [2.45, 2.75) is 13.0 Å². The van der Waals surface area contributed by atoms with E-state index >= 15 is 0 Å². The maximum Gasteiger partial charge on any atom is 0.316 e. The third kappa shape index (κ3) is 4.45. The predicted molar refractivity (Wildman–Crippen MR) is 90.1 cm³/mol. The van der Waals surface area contributed by atoms with Gasteiger partial charge in [0.2, 0.25) is 0 Å². The Kier molecular flexibility index (Phi) is 5.80. The molecule has 2 rings (SSSR count). The number of rotatable bonds is 4. The summed E-state index contributed by atoms with van der Waals surface area (Å²) in [5.74, 6) is 0. The summed E-state index contributed by atoms with van der Waals surface area (Å²) in [6.45, 7) is 6.96. The summed E-state index contributed by atoms with van der Waals surface area (Å²) < 4.78 is 0. The normalized spacial score (nSPS) is 18.0. The molecule has 1 fully saturated rings. The van der Waals surface area contributed by atoms with Crippen molar-refractivity contribution in [2.75, 3.05) is 53.9 Å². The Bertz CT molecular complexity index is 478. The molecular weight excluding hydrogens is 276 g/mol. The van der Waals surface area contributed by atoms with Gasteiger partial charge in [0.1, 0.15) is 0 Å². The van der Waals surface area contributed by atoms with Gasteiger partial charge in [0.15, 0.2) is 0 Å². The maximum absolute atomic E-state index is 11.9. The standard InChI is InChI=1S/C17H28N4O/c1-14-5-7-15(8-6-14)16(13-18-17(22)19(2)3)21-11-9-20(4)10-12-21/h5-8,16H,9-13H2,1-4H3,(H,18,22). The number of benzene rings is 1. The molecule has 5 heteroatoms. The first-order chi connectivity index (χ1) is 10.5. The highest BCUT2D eigenvalue weighted by atomic mass is 16.2. The van der Waals surface area contributed by atoms with Crippen molar-refractivity contribution < 1.29 is 4.79 Å². The van der Waals surface area contributed by atoms with Crippen molar-refractivity contribution in [1.82, 2.24) is 20.0 Å². The summed E-state index contributed by atoms with van der Waals surface area (Å²) >= 11 is 0. The molecule has 1 atom stereocenters. The third-order valence-corrected chi connectivity index (χ3v) is 4.29. The van der Waals surface area contributed by atoms with Crippen LogP contribution in [0.4, 0.5) is 4.79 Å².